The van der Waals surface area contributed by atoms with Crippen LogP contribution in [-0.4, -0.2) is 91.0 Å². The van der Waals surface area contributed by atoms with Gasteiger partial charge in [-0.25, -0.2) is 9.59 Å². The molecule has 0 bridgehead atoms. The molecule has 3 N–H and O–H groups in total. The first-order valence-corrected chi connectivity index (χ1v) is 14.1. The summed E-state index contributed by atoms with van der Waals surface area (Å²) in [6.07, 6.45) is 3.90. The van der Waals surface area contributed by atoms with Gasteiger partial charge in [0.1, 0.15) is 0 Å². The highest BCUT2D eigenvalue weighted by molar-refractivity contribution is 6.27. The number of carbonyl (C=O) groups excluding carboxylic acids is 2. The van der Waals surface area contributed by atoms with Gasteiger partial charge in [-0.1, -0.05) is 0 Å². The third kappa shape index (κ3) is 8.28. The number of hydrogen-bond acceptors (Lipinski definition) is 9. The van der Waals surface area contributed by atoms with Gasteiger partial charge in [-0.3, -0.25) is 9.59 Å². The first kappa shape index (κ1) is 31.4. The summed E-state index contributed by atoms with van der Waals surface area (Å²) >= 11 is 0. The number of carboxylic acid groups (broad SMARTS) is 2. The topological polar surface area (TPSA) is 164 Å². The van der Waals surface area contributed by atoms with Crippen molar-refractivity contribution in [1.29, 1.82) is 0 Å². The van der Waals surface area contributed by atoms with E-state index in [1.165, 1.54) is 5.56 Å². The second-order valence-electron chi connectivity index (χ2n) is 10.5. The van der Waals surface area contributed by atoms with Gasteiger partial charge in [0.25, 0.3) is 0 Å². The van der Waals surface area contributed by atoms with Gasteiger partial charge in [-0.05, 0) is 74.2 Å². The van der Waals surface area contributed by atoms with Crippen molar-refractivity contribution in [3.8, 4) is 23.0 Å². The number of nitrogens with zero attached hydrogens (tertiary/aromatic N) is 2. The molecule has 2 amide bonds. The Morgan fingerprint density at radius 1 is 0.953 bits per heavy atom. The van der Waals surface area contributed by atoms with Gasteiger partial charge in [0.2, 0.25) is 18.6 Å². The molecule has 3 aliphatic rings. The largest absolute Gasteiger partial charge is 0.493 e. The molecule has 232 valence electrons. The van der Waals surface area contributed by atoms with Gasteiger partial charge in [0.15, 0.2) is 23.0 Å². The molecule has 0 radical (unpaired) electrons. The number of carboxylic acids is 2. The number of nitrogens with one attached hydrogen (secondary N) is 1. The number of hydrogen-bond donors (Lipinski definition) is 3. The summed E-state index contributed by atoms with van der Waals surface area (Å²) in [4.78, 5) is 48.4. The fourth-order valence-electron chi connectivity index (χ4n) is 5.45. The predicted molar refractivity (Wildman–Crippen MR) is 154 cm³/mol. The Kier molecular flexibility index (Phi) is 10.7. The average Bonchev–Trinajstić information content (AvgIpc) is 3.48. The van der Waals surface area contributed by atoms with Crippen molar-refractivity contribution in [2.24, 2.45) is 5.92 Å². The molecule has 43 heavy (non-hydrogen) atoms. The Bertz CT molecular complexity index is 1340. The van der Waals surface area contributed by atoms with Crippen molar-refractivity contribution in [2.45, 2.75) is 38.6 Å². The summed E-state index contributed by atoms with van der Waals surface area (Å²) in [6, 6.07) is 9.43. The maximum Gasteiger partial charge on any atom is 0.414 e. The fourth-order valence-corrected chi connectivity index (χ4v) is 5.45. The van der Waals surface area contributed by atoms with Crippen LogP contribution in [0.15, 0.2) is 30.3 Å². The molecule has 1 saturated heterocycles. The number of ether oxygens (including phenoxy) is 4. The Balaban J connectivity index is 0.000000641. The van der Waals surface area contributed by atoms with E-state index in [-0.39, 0.29) is 24.5 Å². The van der Waals surface area contributed by atoms with Crippen LogP contribution in [0, 0.1) is 5.92 Å². The normalized spacial score (nSPS) is 17.2. The van der Waals surface area contributed by atoms with Crippen molar-refractivity contribution in [3.05, 3.63) is 41.5 Å². The van der Waals surface area contributed by atoms with Crippen molar-refractivity contribution < 1.29 is 48.3 Å². The zero-order valence-corrected chi connectivity index (χ0v) is 24.3. The first-order chi connectivity index (χ1) is 20.7. The number of benzene rings is 2. The number of aliphatic carboxylic acids is 2. The van der Waals surface area contributed by atoms with Gasteiger partial charge in [0, 0.05) is 37.8 Å². The number of amides is 2. The minimum atomic E-state index is -1.82. The van der Waals surface area contributed by atoms with Crippen LogP contribution in [0.3, 0.4) is 0 Å². The monoisotopic (exact) mass is 599 g/mol. The number of anilines is 1. The molecule has 13 heteroatoms. The van der Waals surface area contributed by atoms with Crippen LogP contribution in [0.4, 0.5) is 5.69 Å². The van der Waals surface area contributed by atoms with Crippen molar-refractivity contribution >= 4 is 29.4 Å². The molecular weight excluding hydrogens is 562 g/mol. The highest BCUT2D eigenvalue weighted by Gasteiger charge is 2.31. The third-order valence-electron chi connectivity index (χ3n) is 7.60. The number of likely N-dealkylation sites (tertiary alicyclic amines) is 1. The van der Waals surface area contributed by atoms with Crippen LogP contribution in [0.2, 0.25) is 0 Å². The molecule has 1 unspecified atom stereocenters. The molecule has 2 aromatic carbocycles. The lowest BCUT2D eigenvalue weighted by atomic mass is 9.93. The zero-order chi connectivity index (χ0) is 30.9. The van der Waals surface area contributed by atoms with Crippen LogP contribution < -0.4 is 24.3 Å². The Morgan fingerprint density at radius 2 is 1.65 bits per heavy atom. The number of rotatable bonds is 8. The second kappa shape index (κ2) is 14.6. The predicted octanol–water partition coefficient (Wildman–Crippen LogP) is 2.60. The molecule has 0 aromatic heterocycles. The van der Waals surface area contributed by atoms with Gasteiger partial charge in [0.05, 0.1) is 20.1 Å². The standard InChI is InChI=1S/C28H35N3O6.C2H2O4/c1-34-24-13-19-9-12-31(17-21(19)14-25(24)35-2)28(33)20-5-3-10-30(16-20)11-4-6-27(32)29-22-7-8-23-26(15-22)37-18-36-23;3-1(4)2(5)6/h7-8,13-15,20H,3-6,9-12,16-18H2,1-2H3,(H,29,32);(H,3,4)(H,5,6). The second-order valence-corrected chi connectivity index (χ2v) is 10.5. The molecule has 0 spiro atoms. The van der Waals surface area contributed by atoms with Gasteiger partial charge in [-0.15, -0.1) is 0 Å². The number of carbonyl (C=O) groups is 4. The molecule has 0 aliphatic carbocycles. The summed E-state index contributed by atoms with van der Waals surface area (Å²) in [6.45, 7) is 4.05. The number of fused-ring (bicyclic) bond motifs is 2. The van der Waals surface area contributed by atoms with Crippen molar-refractivity contribution in [1.82, 2.24) is 9.80 Å². The average molecular weight is 600 g/mol. The highest BCUT2D eigenvalue weighted by Crippen LogP contribution is 2.35. The van der Waals surface area contributed by atoms with Crippen molar-refractivity contribution in [3.63, 3.8) is 0 Å². The van der Waals surface area contributed by atoms with Crippen LogP contribution in [0.25, 0.3) is 0 Å². The Morgan fingerprint density at radius 3 is 2.35 bits per heavy atom. The van der Waals surface area contributed by atoms with Crippen LogP contribution in [0.1, 0.15) is 36.8 Å². The SMILES string of the molecule is COc1cc2c(cc1OC)CN(C(=O)C1CCCN(CCCC(=O)Nc3ccc4c(c3)OCO4)C1)CC2.O=C(O)C(=O)O. The first-order valence-electron chi connectivity index (χ1n) is 14.1. The van der Waals surface area contributed by atoms with E-state index in [2.05, 4.69) is 10.2 Å². The minimum absolute atomic E-state index is 0.00194. The van der Waals surface area contributed by atoms with E-state index in [0.29, 0.717) is 35.9 Å². The van der Waals surface area contributed by atoms with Gasteiger partial charge < -0.3 is 44.3 Å². The molecule has 1 atom stereocenters. The zero-order valence-electron chi connectivity index (χ0n) is 24.3. The summed E-state index contributed by atoms with van der Waals surface area (Å²) in [5.74, 6) is -0.676. The van der Waals surface area contributed by atoms with Crippen LogP contribution >= 0.6 is 0 Å². The molecule has 3 aliphatic heterocycles. The van der Waals surface area contributed by atoms with Crippen LogP contribution in [0.5, 0.6) is 23.0 Å². The van der Waals surface area contributed by atoms with Crippen molar-refractivity contribution in [2.75, 3.05) is 52.5 Å². The van der Waals surface area contributed by atoms with Gasteiger partial charge in [-0.2, -0.15) is 0 Å². The Hall–Kier alpha value is -4.52. The fraction of sp³-hybridized carbons (Fsp3) is 0.467. The maximum atomic E-state index is 13.4. The lowest BCUT2D eigenvalue weighted by molar-refractivity contribution is -0.159. The molecular formula is C30H37N3O10. The van der Waals surface area contributed by atoms with E-state index >= 15 is 0 Å². The minimum Gasteiger partial charge on any atom is -0.493 e. The lowest BCUT2D eigenvalue weighted by Crippen LogP contribution is -2.46. The number of methoxy groups -OCH3 is 2. The van der Waals surface area contributed by atoms with Gasteiger partial charge >= 0.3 is 11.9 Å². The number of piperidine rings is 1. The van der Waals surface area contributed by atoms with Crippen LogP contribution in [-0.2, 0) is 32.1 Å². The van der Waals surface area contributed by atoms with E-state index in [1.54, 1.807) is 26.4 Å². The molecule has 13 nitrogen and oxygen atoms in total. The smallest absolute Gasteiger partial charge is 0.414 e. The summed E-state index contributed by atoms with van der Waals surface area (Å²) in [5, 5.41) is 17.7. The molecule has 5 rings (SSSR count). The van der Waals surface area contributed by atoms with E-state index in [1.807, 2.05) is 23.1 Å². The lowest BCUT2D eigenvalue weighted by Gasteiger charge is -2.37. The Labute approximate surface area is 249 Å². The summed E-state index contributed by atoms with van der Waals surface area (Å²) in [5.41, 5.74) is 3.04. The van der Waals surface area contributed by atoms with E-state index in [4.69, 9.17) is 38.7 Å². The molecule has 2 aromatic rings. The highest BCUT2D eigenvalue weighted by atomic mass is 16.7. The van der Waals surface area contributed by atoms with E-state index in [9.17, 15) is 9.59 Å². The quantitative estimate of drug-likeness (QED) is 0.382. The molecule has 1 fully saturated rings. The summed E-state index contributed by atoms with van der Waals surface area (Å²) in [7, 11) is 3.27. The van der Waals surface area contributed by atoms with E-state index in [0.717, 1.165) is 63.2 Å². The third-order valence-corrected chi connectivity index (χ3v) is 7.60. The molecule has 0 saturated carbocycles. The van der Waals surface area contributed by atoms with E-state index < -0.39 is 11.9 Å². The maximum absolute atomic E-state index is 13.4. The summed E-state index contributed by atoms with van der Waals surface area (Å²) < 4.78 is 21.6. The molecule has 3 heterocycles.